The Hall–Kier alpha value is -2.11. The van der Waals surface area contributed by atoms with Gasteiger partial charge in [-0.05, 0) is 32.0 Å². The van der Waals surface area contributed by atoms with E-state index in [2.05, 4.69) is 5.32 Å². The topological polar surface area (TPSA) is 92.4 Å². The number of hydrogen-bond donors (Lipinski definition) is 3. The molecule has 0 saturated carbocycles. The highest BCUT2D eigenvalue weighted by atomic mass is 19.1. The van der Waals surface area contributed by atoms with E-state index < -0.39 is 23.2 Å². The van der Waals surface area contributed by atoms with Crippen molar-refractivity contribution in [3.8, 4) is 0 Å². The summed E-state index contributed by atoms with van der Waals surface area (Å²) in [6.45, 7) is 2.88. The van der Waals surface area contributed by atoms with Crippen LogP contribution in [-0.4, -0.2) is 22.5 Å². The van der Waals surface area contributed by atoms with Crippen molar-refractivity contribution in [3.05, 3.63) is 29.6 Å². The number of hydrogen-bond acceptors (Lipinski definition) is 3. The molecule has 0 unspecified atom stereocenters. The van der Waals surface area contributed by atoms with E-state index in [1.165, 1.54) is 26.0 Å². The van der Waals surface area contributed by atoms with Crippen molar-refractivity contribution in [2.24, 2.45) is 5.73 Å². The quantitative estimate of drug-likeness (QED) is 0.737. The summed E-state index contributed by atoms with van der Waals surface area (Å²) < 4.78 is 13.4. The molecule has 0 radical (unpaired) electrons. The number of nitrogens with one attached hydrogen (secondary N) is 1. The number of anilines is 1. The second-order valence-corrected chi connectivity index (χ2v) is 4.11. The van der Waals surface area contributed by atoms with Crippen LogP contribution in [0, 0.1) is 5.82 Å². The van der Waals surface area contributed by atoms with Gasteiger partial charge in [-0.2, -0.15) is 0 Å². The number of carboxylic acid groups (broad SMARTS) is 1. The Morgan fingerprint density at radius 2 is 2.00 bits per heavy atom. The summed E-state index contributed by atoms with van der Waals surface area (Å²) in [5.74, 6) is -2.73. The Kier molecular flexibility index (Phi) is 3.36. The number of carboxylic acids is 1. The van der Waals surface area contributed by atoms with Gasteiger partial charge in [-0.15, -0.1) is 0 Å². The summed E-state index contributed by atoms with van der Waals surface area (Å²) in [6, 6.07) is 3.64. The maximum Gasteiger partial charge on any atom is 0.328 e. The fourth-order valence-electron chi connectivity index (χ4n) is 1.21. The minimum Gasteiger partial charge on any atom is -0.480 e. The molecule has 1 amide bonds. The van der Waals surface area contributed by atoms with Gasteiger partial charge in [0.25, 0.3) is 5.91 Å². The van der Waals surface area contributed by atoms with Crippen molar-refractivity contribution in [1.82, 2.24) is 0 Å². The van der Waals surface area contributed by atoms with Crippen LogP contribution in [0.1, 0.15) is 24.2 Å². The number of aliphatic carboxylic acids is 1. The molecule has 92 valence electrons. The number of carbonyl (C=O) groups excluding carboxylic acids is 1. The van der Waals surface area contributed by atoms with E-state index >= 15 is 0 Å². The van der Waals surface area contributed by atoms with E-state index in [9.17, 15) is 14.0 Å². The molecule has 0 heterocycles. The Bertz CT molecular complexity index is 472. The SMILES string of the molecule is CC(C)(Nc1ccc(C(N)=O)c(F)c1)C(=O)O. The van der Waals surface area contributed by atoms with Crippen molar-refractivity contribution >= 4 is 17.6 Å². The van der Waals surface area contributed by atoms with Gasteiger partial charge in [0.1, 0.15) is 11.4 Å². The highest BCUT2D eigenvalue weighted by Crippen LogP contribution is 2.18. The molecular formula is C11H13FN2O3. The molecule has 0 spiro atoms. The zero-order valence-electron chi connectivity index (χ0n) is 9.45. The van der Waals surface area contributed by atoms with Crippen LogP contribution in [0.25, 0.3) is 0 Å². The first-order chi connectivity index (χ1) is 7.74. The molecule has 0 fully saturated rings. The van der Waals surface area contributed by atoms with Crippen LogP contribution in [0.15, 0.2) is 18.2 Å². The molecule has 17 heavy (non-hydrogen) atoms. The Balaban J connectivity index is 2.99. The fraction of sp³-hybridized carbons (Fsp3) is 0.273. The van der Waals surface area contributed by atoms with E-state index in [1.54, 1.807) is 0 Å². The van der Waals surface area contributed by atoms with Gasteiger partial charge in [0, 0.05) is 5.69 Å². The minimum atomic E-state index is -1.24. The van der Waals surface area contributed by atoms with Crippen LogP contribution in [0.2, 0.25) is 0 Å². The molecule has 1 aromatic rings. The third-order valence-corrected chi connectivity index (χ3v) is 2.23. The summed E-state index contributed by atoms with van der Waals surface area (Å²) >= 11 is 0. The van der Waals surface area contributed by atoms with Gasteiger partial charge in [0.2, 0.25) is 0 Å². The highest BCUT2D eigenvalue weighted by Gasteiger charge is 2.26. The minimum absolute atomic E-state index is 0.233. The van der Waals surface area contributed by atoms with E-state index in [-0.39, 0.29) is 11.3 Å². The lowest BCUT2D eigenvalue weighted by Crippen LogP contribution is -2.40. The van der Waals surface area contributed by atoms with Crippen LogP contribution in [0.5, 0.6) is 0 Å². The number of primary amides is 1. The molecule has 1 rings (SSSR count). The Morgan fingerprint density at radius 3 is 2.41 bits per heavy atom. The molecule has 0 aromatic heterocycles. The molecule has 0 aliphatic rings. The first-order valence-corrected chi connectivity index (χ1v) is 4.85. The van der Waals surface area contributed by atoms with Gasteiger partial charge in [-0.25, -0.2) is 9.18 Å². The van der Waals surface area contributed by atoms with Gasteiger partial charge in [0.15, 0.2) is 0 Å². The van der Waals surface area contributed by atoms with Crippen molar-refractivity contribution in [2.45, 2.75) is 19.4 Å². The van der Waals surface area contributed by atoms with Crippen LogP contribution >= 0.6 is 0 Å². The van der Waals surface area contributed by atoms with Gasteiger partial charge < -0.3 is 16.2 Å². The summed E-state index contributed by atoms with van der Waals surface area (Å²) in [6.07, 6.45) is 0. The lowest BCUT2D eigenvalue weighted by Gasteiger charge is -2.22. The molecular weight excluding hydrogens is 227 g/mol. The van der Waals surface area contributed by atoms with Crippen molar-refractivity contribution in [3.63, 3.8) is 0 Å². The summed E-state index contributed by atoms with van der Waals surface area (Å²) in [7, 11) is 0. The standard InChI is InChI=1S/C11H13FN2O3/c1-11(2,10(16)17)14-6-3-4-7(9(13)15)8(12)5-6/h3-5,14H,1-2H3,(H2,13,15)(H,16,17). The van der Waals surface area contributed by atoms with Crippen LogP contribution in [0.4, 0.5) is 10.1 Å². The van der Waals surface area contributed by atoms with E-state index in [4.69, 9.17) is 10.8 Å². The van der Waals surface area contributed by atoms with Crippen molar-refractivity contribution in [2.75, 3.05) is 5.32 Å². The molecule has 6 heteroatoms. The number of halogens is 1. The number of amides is 1. The zero-order valence-corrected chi connectivity index (χ0v) is 9.45. The molecule has 0 bridgehead atoms. The molecule has 5 nitrogen and oxygen atoms in total. The largest absolute Gasteiger partial charge is 0.480 e. The monoisotopic (exact) mass is 240 g/mol. The van der Waals surface area contributed by atoms with Crippen molar-refractivity contribution < 1.29 is 19.1 Å². The zero-order chi connectivity index (χ0) is 13.2. The van der Waals surface area contributed by atoms with E-state index in [0.29, 0.717) is 0 Å². The summed E-state index contributed by atoms with van der Waals surface area (Å²) in [5, 5.41) is 11.5. The number of benzene rings is 1. The first kappa shape index (κ1) is 13.0. The number of nitrogens with two attached hydrogens (primary N) is 1. The van der Waals surface area contributed by atoms with Gasteiger partial charge in [-0.3, -0.25) is 4.79 Å². The summed E-state index contributed by atoms with van der Waals surface area (Å²) in [5.41, 5.74) is 3.74. The molecule has 0 aliphatic carbocycles. The predicted octanol–water partition coefficient (Wildman–Crippen LogP) is 1.20. The lowest BCUT2D eigenvalue weighted by molar-refractivity contribution is -0.141. The molecule has 0 atom stereocenters. The fourth-order valence-corrected chi connectivity index (χ4v) is 1.21. The summed E-state index contributed by atoms with van der Waals surface area (Å²) in [4.78, 5) is 21.6. The first-order valence-electron chi connectivity index (χ1n) is 4.85. The maximum atomic E-state index is 13.4. The molecule has 1 aromatic carbocycles. The highest BCUT2D eigenvalue weighted by molar-refractivity contribution is 5.93. The average Bonchev–Trinajstić information content (AvgIpc) is 2.15. The van der Waals surface area contributed by atoms with Gasteiger partial charge in [-0.1, -0.05) is 0 Å². The number of rotatable bonds is 4. The Morgan fingerprint density at radius 1 is 1.41 bits per heavy atom. The van der Waals surface area contributed by atoms with Gasteiger partial charge in [0.05, 0.1) is 5.56 Å². The molecule has 4 N–H and O–H groups in total. The third-order valence-electron chi connectivity index (χ3n) is 2.23. The van der Waals surface area contributed by atoms with Crippen LogP contribution in [-0.2, 0) is 4.79 Å². The second kappa shape index (κ2) is 4.40. The lowest BCUT2D eigenvalue weighted by atomic mass is 10.1. The third kappa shape index (κ3) is 2.93. The van der Waals surface area contributed by atoms with E-state index in [1.807, 2.05) is 0 Å². The molecule has 0 aliphatic heterocycles. The average molecular weight is 240 g/mol. The van der Waals surface area contributed by atoms with Crippen LogP contribution < -0.4 is 11.1 Å². The van der Waals surface area contributed by atoms with E-state index in [0.717, 1.165) is 6.07 Å². The maximum absolute atomic E-state index is 13.4. The second-order valence-electron chi connectivity index (χ2n) is 4.11. The van der Waals surface area contributed by atoms with Crippen molar-refractivity contribution in [1.29, 1.82) is 0 Å². The number of carbonyl (C=O) groups is 2. The Labute approximate surface area is 97.4 Å². The van der Waals surface area contributed by atoms with Crippen LogP contribution in [0.3, 0.4) is 0 Å². The normalized spacial score (nSPS) is 11.0. The predicted molar refractivity (Wildman–Crippen MR) is 60.3 cm³/mol. The molecule has 0 saturated heterocycles. The van der Waals surface area contributed by atoms with Gasteiger partial charge >= 0.3 is 5.97 Å². The smallest absolute Gasteiger partial charge is 0.328 e.